The number of rotatable bonds is 7. The molecule has 18 heavy (non-hydrogen) atoms. The van der Waals surface area contributed by atoms with Gasteiger partial charge in [-0.15, -0.1) is 0 Å². The Kier molecular flexibility index (Phi) is 7.29. The summed E-state index contributed by atoms with van der Waals surface area (Å²) in [6.07, 6.45) is 1.59. The minimum absolute atomic E-state index is 0.0771. The number of nitrogens with zero attached hydrogens (tertiary/aromatic N) is 1. The molecule has 0 saturated heterocycles. The molecule has 0 aliphatic rings. The Labute approximate surface area is 110 Å². The molecule has 0 fully saturated rings. The summed E-state index contributed by atoms with van der Waals surface area (Å²) in [6, 6.07) is 0. The summed E-state index contributed by atoms with van der Waals surface area (Å²) in [4.78, 5) is 32.5. The van der Waals surface area contributed by atoms with Crippen molar-refractivity contribution in [1.29, 1.82) is 0 Å². The molecule has 0 radical (unpaired) electrons. The first-order chi connectivity index (χ1) is 8.11. The highest BCUT2D eigenvalue weighted by atomic mass is 31.1. The summed E-state index contributed by atoms with van der Waals surface area (Å²) >= 11 is 0. The number of ether oxygens (including phenoxy) is 1. The van der Waals surface area contributed by atoms with Gasteiger partial charge in [0.1, 0.15) is 14.7 Å². The molecule has 0 heterocycles. The molecule has 1 unspecified atom stereocenters. The molecule has 0 amide bonds. The Bertz CT molecular complexity index is 329. The van der Waals surface area contributed by atoms with Gasteiger partial charge in [-0.05, 0) is 13.8 Å². The maximum absolute atomic E-state index is 11.6. The zero-order valence-corrected chi connectivity index (χ0v) is 12.7. The molecule has 104 valence electrons. The molecular formula is C12H23NO4P+. The molecule has 5 nitrogen and oxygen atoms in total. The molecule has 1 N–H and O–H groups in total. The number of quaternary nitrogens is 1. The van der Waals surface area contributed by atoms with E-state index in [4.69, 9.17) is 4.74 Å². The second kappa shape index (κ2) is 7.62. The summed E-state index contributed by atoms with van der Waals surface area (Å²) in [5.74, 6) is -0.433. The van der Waals surface area contributed by atoms with Gasteiger partial charge in [-0.1, -0.05) is 5.57 Å². The first-order valence-corrected chi connectivity index (χ1v) is 7.21. The minimum atomic E-state index is -1.71. The molecule has 0 saturated carbocycles. The van der Waals surface area contributed by atoms with Gasteiger partial charge in [0, 0.05) is 12.2 Å². The lowest BCUT2D eigenvalue weighted by molar-refractivity contribution is -0.861. The monoisotopic (exact) mass is 276 g/mol. The van der Waals surface area contributed by atoms with Gasteiger partial charge in [-0.3, -0.25) is 4.79 Å². The van der Waals surface area contributed by atoms with Gasteiger partial charge >= 0.3 is 5.97 Å². The number of esters is 1. The summed E-state index contributed by atoms with van der Waals surface area (Å²) < 4.78 is 5.37. The largest absolute Gasteiger partial charge is 0.462 e. The highest BCUT2D eigenvalue weighted by Gasteiger charge is 2.22. The summed E-state index contributed by atoms with van der Waals surface area (Å²) in [5.41, 5.74) is 0.683. The van der Waals surface area contributed by atoms with E-state index >= 15 is 0 Å². The average Bonchev–Trinajstić information content (AvgIpc) is 2.13. The number of likely N-dealkylation sites (N-methyl/N-ethyl adjacent to an activating group) is 1. The van der Waals surface area contributed by atoms with E-state index in [2.05, 4.69) is 0 Å². The third kappa shape index (κ3) is 9.28. The van der Waals surface area contributed by atoms with Crippen LogP contribution >= 0.6 is 8.15 Å². The number of hydrogen-bond donors (Lipinski definition) is 1. The van der Waals surface area contributed by atoms with E-state index in [-0.39, 0.29) is 24.8 Å². The summed E-state index contributed by atoms with van der Waals surface area (Å²) in [6.45, 7) is 3.95. The second-order valence-electron chi connectivity index (χ2n) is 5.35. The highest BCUT2D eigenvalue weighted by Crippen LogP contribution is 2.30. The first kappa shape index (κ1) is 17.2. The number of allylic oxidation sites excluding steroid dienone is 1. The van der Waals surface area contributed by atoms with Crippen LogP contribution in [0.5, 0.6) is 0 Å². The minimum Gasteiger partial charge on any atom is -0.462 e. The normalized spacial score (nSPS) is 12.8. The lowest BCUT2D eigenvalue weighted by Crippen LogP contribution is -2.39. The van der Waals surface area contributed by atoms with Gasteiger partial charge in [0.25, 0.3) is 0 Å². The molecular weight excluding hydrogens is 253 g/mol. The fourth-order valence-electron chi connectivity index (χ4n) is 1.12. The SMILES string of the molecule is CC(C)=CC(=O)OCCP(O)C(=O)C[N+](C)(C)C. The van der Waals surface area contributed by atoms with Crippen LogP contribution in [0.3, 0.4) is 0 Å². The number of carbonyl (C=O) groups is 2. The fourth-order valence-corrected chi connectivity index (χ4v) is 2.22. The molecule has 6 heteroatoms. The van der Waals surface area contributed by atoms with Crippen molar-refractivity contribution in [3.63, 3.8) is 0 Å². The van der Waals surface area contributed by atoms with Gasteiger partial charge in [-0.25, -0.2) is 4.79 Å². The molecule has 0 spiro atoms. The van der Waals surface area contributed by atoms with Gasteiger partial charge in [0.2, 0.25) is 5.52 Å². The van der Waals surface area contributed by atoms with Crippen LogP contribution in [0.15, 0.2) is 11.6 Å². The smallest absolute Gasteiger partial charge is 0.330 e. The predicted molar refractivity (Wildman–Crippen MR) is 72.3 cm³/mol. The third-order valence-electron chi connectivity index (χ3n) is 1.85. The lowest BCUT2D eigenvalue weighted by Gasteiger charge is -2.23. The van der Waals surface area contributed by atoms with Crippen LogP contribution in [0.25, 0.3) is 0 Å². The molecule has 0 bridgehead atoms. The van der Waals surface area contributed by atoms with E-state index in [1.165, 1.54) is 6.08 Å². The van der Waals surface area contributed by atoms with Crippen LogP contribution in [0.2, 0.25) is 0 Å². The third-order valence-corrected chi connectivity index (χ3v) is 3.17. The van der Waals surface area contributed by atoms with E-state index < -0.39 is 14.1 Å². The molecule has 0 aromatic rings. The van der Waals surface area contributed by atoms with E-state index in [0.29, 0.717) is 4.48 Å². The van der Waals surface area contributed by atoms with Gasteiger partial charge in [-0.2, -0.15) is 0 Å². The van der Waals surface area contributed by atoms with Crippen molar-refractivity contribution < 1.29 is 23.7 Å². The van der Waals surface area contributed by atoms with Crippen LogP contribution in [-0.2, 0) is 14.3 Å². The van der Waals surface area contributed by atoms with Crippen molar-refractivity contribution in [3.05, 3.63) is 11.6 Å². The van der Waals surface area contributed by atoms with Crippen molar-refractivity contribution >= 4 is 19.6 Å². The van der Waals surface area contributed by atoms with Crippen molar-refractivity contribution in [3.8, 4) is 0 Å². The maximum atomic E-state index is 11.6. The van der Waals surface area contributed by atoms with Crippen molar-refractivity contribution in [2.75, 3.05) is 40.5 Å². The molecule has 1 atom stereocenters. The second-order valence-corrected chi connectivity index (χ2v) is 7.10. The Morgan fingerprint density at radius 3 is 2.28 bits per heavy atom. The molecule has 0 aromatic carbocycles. The van der Waals surface area contributed by atoms with Gasteiger partial charge in [0.15, 0.2) is 0 Å². The molecule has 0 aliphatic carbocycles. The zero-order chi connectivity index (χ0) is 14.3. The van der Waals surface area contributed by atoms with Crippen LogP contribution < -0.4 is 0 Å². The Balaban J connectivity index is 3.97. The fraction of sp³-hybridized carbons (Fsp3) is 0.667. The van der Waals surface area contributed by atoms with Gasteiger partial charge < -0.3 is 14.1 Å². The summed E-state index contributed by atoms with van der Waals surface area (Å²) in [5, 5.41) is 0. The topological polar surface area (TPSA) is 63.6 Å². The van der Waals surface area contributed by atoms with Crippen molar-refractivity contribution in [2.24, 2.45) is 0 Å². The van der Waals surface area contributed by atoms with E-state index in [1.54, 1.807) is 13.8 Å². The quantitative estimate of drug-likeness (QED) is 0.327. The van der Waals surface area contributed by atoms with Crippen LogP contribution in [0.1, 0.15) is 13.8 Å². The Morgan fingerprint density at radius 1 is 1.28 bits per heavy atom. The summed E-state index contributed by atoms with van der Waals surface area (Å²) in [7, 11) is 3.94. The molecule has 0 aromatic heterocycles. The number of carbonyl (C=O) groups excluding carboxylic acids is 2. The lowest BCUT2D eigenvalue weighted by atomic mass is 10.3. The van der Waals surface area contributed by atoms with Crippen LogP contribution in [-0.4, -0.2) is 61.3 Å². The standard InChI is InChI=1S/C12H23NO4P/c1-10(2)8-11(14)17-6-7-18(16)12(15)9-13(3,4)5/h8,16H,6-7,9H2,1-5H3/q+1. The predicted octanol–water partition coefficient (Wildman–Crippen LogP) is 1.12. The van der Waals surface area contributed by atoms with Crippen LogP contribution in [0, 0.1) is 0 Å². The Hall–Kier alpha value is -0.770. The molecule has 0 aliphatic heterocycles. The van der Waals surface area contributed by atoms with Gasteiger partial charge in [0.05, 0.1) is 27.7 Å². The van der Waals surface area contributed by atoms with E-state index in [0.717, 1.165) is 5.57 Å². The maximum Gasteiger partial charge on any atom is 0.330 e. The average molecular weight is 276 g/mol. The first-order valence-electron chi connectivity index (χ1n) is 5.73. The van der Waals surface area contributed by atoms with E-state index in [1.807, 2.05) is 21.1 Å². The van der Waals surface area contributed by atoms with Crippen molar-refractivity contribution in [2.45, 2.75) is 13.8 Å². The zero-order valence-electron chi connectivity index (χ0n) is 11.8. The van der Waals surface area contributed by atoms with Crippen LogP contribution in [0.4, 0.5) is 0 Å². The highest BCUT2D eigenvalue weighted by molar-refractivity contribution is 7.69. The van der Waals surface area contributed by atoms with Crippen molar-refractivity contribution in [1.82, 2.24) is 0 Å². The number of hydrogen-bond acceptors (Lipinski definition) is 4. The Morgan fingerprint density at radius 2 is 1.83 bits per heavy atom. The van der Waals surface area contributed by atoms with E-state index in [9.17, 15) is 14.5 Å². The molecule has 0 rings (SSSR count).